The minimum atomic E-state index is -0.345. The van der Waals surface area contributed by atoms with Gasteiger partial charge in [-0.1, -0.05) is 31.5 Å². The summed E-state index contributed by atoms with van der Waals surface area (Å²) in [6.45, 7) is 6.40. The number of rotatable bonds is 5. The van der Waals surface area contributed by atoms with E-state index in [4.69, 9.17) is 17.3 Å². The molecule has 0 unspecified atom stereocenters. The molecule has 0 radical (unpaired) electrons. The van der Waals surface area contributed by atoms with Gasteiger partial charge in [0.05, 0.1) is 0 Å². The highest BCUT2D eigenvalue weighted by Crippen LogP contribution is 2.19. The van der Waals surface area contributed by atoms with Crippen molar-refractivity contribution < 1.29 is 4.79 Å². The van der Waals surface area contributed by atoms with E-state index in [1.54, 1.807) is 6.07 Å². The first-order valence-electron chi connectivity index (χ1n) is 6.50. The molecular formula is C14H22ClN3O. The van der Waals surface area contributed by atoms with Gasteiger partial charge in [-0.3, -0.25) is 0 Å². The maximum absolute atomic E-state index is 11.8. The number of amides is 2. The first kappa shape index (κ1) is 15.8. The van der Waals surface area contributed by atoms with Crippen molar-refractivity contribution in [3.63, 3.8) is 0 Å². The van der Waals surface area contributed by atoms with Crippen LogP contribution >= 0.6 is 11.6 Å². The van der Waals surface area contributed by atoms with E-state index in [1.807, 2.05) is 32.9 Å². The highest BCUT2D eigenvalue weighted by atomic mass is 35.5. The van der Waals surface area contributed by atoms with Crippen LogP contribution in [-0.4, -0.2) is 18.1 Å². The Kier molecular flexibility index (Phi) is 5.63. The molecule has 0 heterocycles. The number of halogens is 1. The van der Waals surface area contributed by atoms with E-state index in [0.29, 0.717) is 17.3 Å². The Morgan fingerprint density at radius 3 is 2.53 bits per heavy atom. The lowest BCUT2D eigenvalue weighted by Gasteiger charge is -2.26. The van der Waals surface area contributed by atoms with Crippen LogP contribution in [0.15, 0.2) is 18.2 Å². The molecule has 4 nitrogen and oxygen atoms in total. The highest BCUT2D eigenvalue weighted by Gasteiger charge is 2.20. The fourth-order valence-corrected chi connectivity index (χ4v) is 1.78. The number of aryl methyl sites for hydroxylation is 1. The Bertz CT molecular complexity index is 444. The lowest BCUT2D eigenvalue weighted by Crippen LogP contribution is -2.50. The van der Waals surface area contributed by atoms with Crippen LogP contribution in [0, 0.1) is 6.92 Å². The number of benzene rings is 1. The van der Waals surface area contributed by atoms with Crippen LogP contribution in [0.1, 0.15) is 32.3 Å². The van der Waals surface area contributed by atoms with Gasteiger partial charge in [0.25, 0.3) is 0 Å². The van der Waals surface area contributed by atoms with Crippen LogP contribution in [0.2, 0.25) is 5.02 Å². The number of urea groups is 1. The maximum atomic E-state index is 11.8. The van der Waals surface area contributed by atoms with E-state index < -0.39 is 0 Å². The molecule has 1 aromatic rings. The fourth-order valence-electron chi connectivity index (χ4n) is 1.60. The third-order valence-electron chi connectivity index (χ3n) is 3.44. The van der Waals surface area contributed by atoms with E-state index in [2.05, 4.69) is 10.6 Å². The normalized spacial score (nSPS) is 11.2. The summed E-state index contributed by atoms with van der Waals surface area (Å²) < 4.78 is 0. The van der Waals surface area contributed by atoms with Crippen molar-refractivity contribution in [2.24, 2.45) is 5.73 Å². The van der Waals surface area contributed by atoms with Crippen LogP contribution in [0.25, 0.3) is 0 Å². The number of hydrogen-bond acceptors (Lipinski definition) is 2. The van der Waals surface area contributed by atoms with Crippen LogP contribution < -0.4 is 16.4 Å². The summed E-state index contributed by atoms with van der Waals surface area (Å²) in [6.07, 6.45) is 1.64. The van der Waals surface area contributed by atoms with Crippen LogP contribution in [0.5, 0.6) is 0 Å². The Balaban J connectivity index is 2.53. The molecule has 1 aromatic carbocycles. The maximum Gasteiger partial charge on any atom is 0.319 e. The van der Waals surface area contributed by atoms with Crippen LogP contribution in [0.3, 0.4) is 0 Å². The van der Waals surface area contributed by atoms with Crippen molar-refractivity contribution in [3.8, 4) is 0 Å². The zero-order valence-electron chi connectivity index (χ0n) is 11.7. The second kappa shape index (κ2) is 6.78. The van der Waals surface area contributed by atoms with Crippen molar-refractivity contribution in [2.45, 2.75) is 39.2 Å². The van der Waals surface area contributed by atoms with E-state index in [1.165, 1.54) is 0 Å². The molecule has 0 bridgehead atoms. The summed E-state index contributed by atoms with van der Waals surface area (Å²) in [7, 11) is 0. The monoisotopic (exact) mass is 283 g/mol. The third kappa shape index (κ3) is 4.73. The van der Waals surface area contributed by atoms with Gasteiger partial charge in [0.2, 0.25) is 0 Å². The van der Waals surface area contributed by atoms with Gasteiger partial charge in [0.1, 0.15) is 0 Å². The van der Waals surface area contributed by atoms with Gasteiger partial charge in [-0.2, -0.15) is 0 Å². The van der Waals surface area contributed by atoms with Crippen molar-refractivity contribution >= 4 is 23.3 Å². The summed E-state index contributed by atoms with van der Waals surface area (Å²) in [6, 6.07) is 5.14. The van der Waals surface area contributed by atoms with Gasteiger partial charge in [-0.15, -0.1) is 0 Å². The number of anilines is 1. The van der Waals surface area contributed by atoms with Gasteiger partial charge in [-0.25, -0.2) is 4.79 Å². The molecule has 0 aliphatic carbocycles. The van der Waals surface area contributed by atoms with E-state index in [9.17, 15) is 4.79 Å². The Morgan fingerprint density at radius 2 is 2.00 bits per heavy atom. The average molecular weight is 284 g/mol. The van der Waals surface area contributed by atoms with Gasteiger partial charge in [0.15, 0.2) is 0 Å². The zero-order valence-corrected chi connectivity index (χ0v) is 12.5. The van der Waals surface area contributed by atoms with Crippen molar-refractivity contribution in [2.75, 3.05) is 11.9 Å². The molecule has 0 saturated carbocycles. The Morgan fingerprint density at radius 1 is 1.37 bits per heavy atom. The zero-order chi connectivity index (χ0) is 14.5. The van der Waals surface area contributed by atoms with E-state index in [-0.39, 0.29) is 11.6 Å². The fraction of sp³-hybridized carbons (Fsp3) is 0.500. The second-order valence-corrected chi connectivity index (χ2v) is 5.25. The predicted molar refractivity (Wildman–Crippen MR) is 80.7 cm³/mol. The van der Waals surface area contributed by atoms with Crippen molar-refractivity contribution in [1.29, 1.82) is 0 Å². The number of nitrogens with two attached hydrogens (primary N) is 1. The SMILES string of the molecule is CCC(N)(CC)CNC(=O)Nc1ccc(C)c(Cl)c1. The molecule has 2 amide bonds. The quantitative estimate of drug-likeness (QED) is 0.776. The largest absolute Gasteiger partial charge is 0.336 e. The topological polar surface area (TPSA) is 67.1 Å². The van der Waals surface area contributed by atoms with E-state index >= 15 is 0 Å². The van der Waals surface area contributed by atoms with Crippen LogP contribution in [-0.2, 0) is 0 Å². The molecule has 0 aromatic heterocycles. The van der Waals surface area contributed by atoms with Gasteiger partial charge >= 0.3 is 6.03 Å². The molecule has 0 fully saturated rings. The number of carbonyl (C=O) groups excluding carboxylic acids is 1. The van der Waals surface area contributed by atoms with Crippen molar-refractivity contribution in [1.82, 2.24) is 5.32 Å². The van der Waals surface area contributed by atoms with E-state index in [0.717, 1.165) is 18.4 Å². The molecule has 5 heteroatoms. The first-order valence-corrected chi connectivity index (χ1v) is 6.88. The molecule has 0 aliphatic rings. The van der Waals surface area contributed by atoms with Crippen molar-refractivity contribution in [3.05, 3.63) is 28.8 Å². The molecule has 1 rings (SSSR count). The predicted octanol–water partition coefficient (Wildman–Crippen LogP) is 3.29. The Hall–Kier alpha value is -1.26. The number of hydrogen-bond donors (Lipinski definition) is 3. The smallest absolute Gasteiger partial charge is 0.319 e. The summed E-state index contributed by atoms with van der Waals surface area (Å²) >= 11 is 6.00. The Labute approximate surface area is 119 Å². The molecule has 0 aliphatic heterocycles. The highest BCUT2D eigenvalue weighted by molar-refractivity contribution is 6.31. The third-order valence-corrected chi connectivity index (χ3v) is 3.85. The summed E-state index contributed by atoms with van der Waals surface area (Å²) in [4.78, 5) is 11.8. The lowest BCUT2D eigenvalue weighted by atomic mass is 9.94. The van der Waals surface area contributed by atoms with Gasteiger partial charge < -0.3 is 16.4 Å². The minimum Gasteiger partial charge on any atom is -0.336 e. The molecule has 19 heavy (non-hydrogen) atoms. The number of nitrogens with one attached hydrogen (secondary N) is 2. The summed E-state index contributed by atoms with van der Waals surface area (Å²) in [5.41, 5.74) is 7.42. The average Bonchev–Trinajstić information content (AvgIpc) is 2.40. The molecular weight excluding hydrogens is 262 g/mol. The number of carbonyl (C=O) groups is 1. The molecule has 4 N–H and O–H groups in total. The van der Waals surface area contributed by atoms with Crippen LogP contribution in [0.4, 0.5) is 10.5 Å². The minimum absolute atomic E-state index is 0.267. The van der Waals surface area contributed by atoms with Gasteiger partial charge in [-0.05, 0) is 37.5 Å². The molecule has 0 spiro atoms. The second-order valence-electron chi connectivity index (χ2n) is 4.84. The lowest BCUT2D eigenvalue weighted by molar-refractivity contribution is 0.247. The molecule has 106 valence electrons. The summed E-state index contributed by atoms with van der Waals surface area (Å²) in [5, 5.41) is 6.16. The van der Waals surface area contributed by atoms with Gasteiger partial charge in [0, 0.05) is 22.8 Å². The standard InChI is InChI=1S/C14H22ClN3O/c1-4-14(16,5-2)9-17-13(19)18-11-7-6-10(3)12(15)8-11/h6-8H,4-5,9,16H2,1-3H3,(H2,17,18,19). The first-order chi connectivity index (χ1) is 8.90. The molecule has 0 saturated heterocycles. The molecule has 0 atom stereocenters. The summed E-state index contributed by atoms with van der Waals surface area (Å²) in [5.74, 6) is 0.